The van der Waals surface area contributed by atoms with Crippen LogP contribution in [0.15, 0.2) is 303 Å². The average Bonchev–Trinajstić information content (AvgIpc) is 0.837. The van der Waals surface area contributed by atoms with Crippen LogP contribution in [0.3, 0.4) is 0 Å². The molecule has 0 aliphatic carbocycles. The Morgan fingerprint density at radius 2 is 0.659 bits per heavy atom. The zero-order valence-corrected chi connectivity index (χ0v) is 72.7. The number of hydrogen-bond acceptors (Lipinski definition) is 23. The summed E-state index contributed by atoms with van der Waals surface area (Å²) in [7, 11) is -1.34. The standard InChI is InChI=1S/C23H23N3O.C17H17N3O3.C17H19N3O.C10H13N3O2.C7H5ClO.C6H7BO2.C6H4INO2.C4H10N2.2O.Pt/c27-23(19-8-3-1-4-9-19)26-16-14-25(15-17-26)22-13-7-12-21(18-22)24-20-10-5-2-6-11-20;21-17(14-5-2-1-3-6-14)19-11-9-18(10-12-19)15-7-4-8-16(13-15)20(22)23;18-15-7-4-8-16(13-15)19-9-11-20(12-10-19)17(21)14-5-2-1-3-6-14;14-13(15)10-3-1-2-9(8-10)12-6-4-11-5-7-12;2*8-7(9)6-4-2-1-3-5-6;7-5-2-1-3-6(4-5)8(9)10;1-2-6-4-3-5-1;;;/h1-13,18,24H,14-17H2;1-8,13H,9-12H2;1-8,13H,9-12,18H2;1-3,8,11H,4-7H2;1-5H;1-5,8-9H;1-4H;5-6H,1-4H2;;;. The van der Waals surface area contributed by atoms with Gasteiger partial charge in [0.1, 0.15) is 0 Å². The summed E-state index contributed by atoms with van der Waals surface area (Å²) >= 11 is 5.28. The Hall–Kier alpha value is -12.3. The molecule has 5 fully saturated rings. The Balaban J connectivity index is 0.000000181. The molecule has 0 aromatic heterocycles. The van der Waals surface area contributed by atoms with Gasteiger partial charge < -0.3 is 71.3 Å². The molecule has 0 radical (unpaired) electrons. The number of benzene rings is 11. The van der Waals surface area contributed by atoms with Crippen molar-refractivity contribution in [2.24, 2.45) is 0 Å². The molecule has 0 bridgehead atoms. The molecular formula is C90H98BClIN15O14Pt. The summed E-state index contributed by atoms with van der Waals surface area (Å²) < 4.78 is 17.9. The molecule has 33 heteroatoms. The number of rotatable bonds is 14. The summed E-state index contributed by atoms with van der Waals surface area (Å²) in [5.74, 6) is 0.266. The van der Waals surface area contributed by atoms with Crippen LogP contribution in [0, 0.1) is 33.9 Å². The predicted molar refractivity (Wildman–Crippen MR) is 488 cm³/mol. The number of nitrogens with two attached hydrogens (primary N) is 1. The second-order valence-corrected chi connectivity index (χ2v) is 29.5. The van der Waals surface area contributed by atoms with E-state index in [1.165, 1.54) is 30.0 Å². The Morgan fingerprint density at radius 3 is 0.976 bits per heavy atom. The number of piperazine rings is 5. The van der Waals surface area contributed by atoms with Gasteiger partial charge in [-0.05, 0) is 143 Å². The van der Waals surface area contributed by atoms with Gasteiger partial charge in [-0.3, -0.25) is 49.5 Å². The van der Waals surface area contributed by atoms with Crippen LogP contribution in [0.5, 0.6) is 0 Å². The number of nitrogen functional groups attached to an aromatic ring is 1. The van der Waals surface area contributed by atoms with E-state index in [0.29, 0.717) is 42.8 Å². The second kappa shape index (κ2) is 53.4. The third kappa shape index (κ3) is 33.9. The van der Waals surface area contributed by atoms with Crippen molar-refractivity contribution in [2.75, 3.05) is 162 Å². The zero-order chi connectivity index (χ0) is 87.9. The molecule has 8 N–H and O–H groups in total. The summed E-state index contributed by atoms with van der Waals surface area (Å²) in [6, 6.07) is 92.0. The van der Waals surface area contributed by atoms with E-state index in [1.54, 1.807) is 78.9 Å². The van der Waals surface area contributed by atoms with Crippen molar-refractivity contribution in [1.29, 1.82) is 0 Å². The zero-order valence-electron chi connectivity index (χ0n) is 67.5. The topological polar surface area (TPSA) is 369 Å². The third-order valence-electron chi connectivity index (χ3n) is 19.3. The van der Waals surface area contributed by atoms with Gasteiger partial charge in [0, 0.05) is 233 Å². The first-order valence-corrected chi connectivity index (χ1v) is 42.8. The molecule has 123 heavy (non-hydrogen) atoms. The Morgan fingerprint density at radius 1 is 0.366 bits per heavy atom. The number of non-ortho nitro benzene ring substituents is 3. The van der Waals surface area contributed by atoms with Crippen LogP contribution < -0.4 is 52.1 Å². The summed E-state index contributed by atoms with van der Waals surface area (Å²) in [6.07, 6.45) is 0. The van der Waals surface area contributed by atoms with Crippen molar-refractivity contribution < 1.29 is 69.3 Å². The molecule has 16 rings (SSSR count). The molecule has 3 amide bonds. The molecule has 5 saturated heterocycles. The molecule has 5 heterocycles. The number of carbonyl (C=O) groups excluding carboxylic acids is 4. The Labute approximate surface area is 742 Å². The Kier molecular flexibility index (Phi) is 41.8. The van der Waals surface area contributed by atoms with Crippen LogP contribution >= 0.6 is 34.2 Å². The number of nitro benzene ring substituents is 3. The summed E-state index contributed by atoms with van der Waals surface area (Å²) in [5.41, 5.74) is 16.5. The first-order chi connectivity index (χ1) is 59.7. The van der Waals surface area contributed by atoms with Crippen LogP contribution in [-0.2, 0) is 25.3 Å². The van der Waals surface area contributed by atoms with E-state index in [1.807, 2.05) is 195 Å². The van der Waals surface area contributed by atoms with E-state index in [9.17, 15) is 49.5 Å². The van der Waals surface area contributed by atoms with Crippen LogP contribution in [0.4, 0.5) is 56.9 Å². The number of hydrogen-bond donors (Lipinski definition) is 7. The quantitative estimate of drug-likeness (QED) is 0.0133. The fraction of sp³-hybridized carbons (Fsp3) is 0.222. The van der Waals surface area contributed by atoms with Crippen LogP contribution in [-0.4, -0.2) is 200 Å². The van der Waals surface area contributed by atoms with Crippen molar-refractivity contribution in [3.63, 3.8) is 0 Å². The molecule has 29 nitrogen and oxygen atoms in total. The van der Waals surface area contributed by atoms with Crippen molar-refractivity contribution in [1.82, 2.24) is 30.7 Å². The number of amides is 3. The maximum atomic E-state index is 12.6. The minimum atomic E-state index is -1.92. The van der Waals surface area contributed by atoms with Crippen molar-refractivity contribution in [3.8, 4) is 0 Å². The van der Waals surface area contributed by atoms with Gasteiger partial charge in [-0.2, -0.15) is 0 Å². The summed E-state index contributed by atoms with van der Waals surface area (Å²) in [5, 5.41) is 61.5. The van der Waals surface area contributed by atoms with Crippen molar-refractivity contribution in [2.45, 2.75) is 0 Å². The predicted octanol–water partition coefficient (Wildman–Crippen LogP) is 12.8. The molecule has 0 spiro atoms. The van der Waals surface area contributed by atoms with Gasteiger partial charge in [0.15, 0.2) is 0 Å². The first kappa shape index (κ1) is 96.1. The van der Waals surface area contributed by atoms with E-state index in [2.05, 4.69) is 83.3 Å². The van der Waals surface area contributed by atoms with Gasteiger partial charge in [0.25, 0.3) is 40.0 Å². The van der Waals surface area contributed by atoms with Crippen LogP contribution in [0.2, 0.25) is 0 Å². The molecule has 5 aliphatic rings. The number of nitrogens with zero attached hydrogens (tertiary/aromatic N) is 10. The van der Waals surface area contributed by atoms with Gasteiger partial charge in [-0.1, -0.05) is 164 Å². The molecular weight excluding hydrogens is 1880 g/mol. The fourth-order valence-corrected chi connectivity index (χ4v) is 13.6. The van der Waals surface area contributed by atoms with Crippen molar-refractivity contribution >= 4 is 127 Å². The average molecular weight is 1980 g/mol. The van der Waals surface area contributed by atoms with Gasteiger partial charge in [0.05, 0.1) is 14.8 Å². The van der Waals surface area contributed by atoms with Gasteiger partial charge >= 0.3 is 32.4 Å². The Bertz CT molecular complexity index is 5090. The third-order valence-corrected chi connectivity index (χ3v) is 20.2. The fourth-order valence-electron chi connectivity index (χ4n) is 12.9. The van der Waals surface area contributed by atoms with Crippen LogP contribution in [0.25, 0.3) is 0 Å². The number of nitrogens with one attached hydrogen (secondary N) is 4. The van der Waals surface area contributed by atoms with E-state index < -0.39 is 40.7 Å². The first-order valence-electron chi connectivity index (χ1n) is 39.5. The molecule has 0 atom stereocenters. The molecule has 644 valence electrons. The van der Waals surface area contributed by atoms with Crippen molar-refractivity contribution in [3.05, 3.63) is 359 Å². The summed E-state index contributed by atoms with van der Waals surface area (Å²) in [4.78, 5) is 92.8. The number of halogens is 2. The number of anilines is 7. The molecule has 0 unspecified atom stereocenters. The van der Waals surface area contributed by atoms with Gasteiger partial charge in [-0.15, -0.1) is 0 Å². The molecule has 0 saturated carbocycles. The molecule has 11 aromatic carbocycles. The van der Waals surface area contributed by atoms with E-state index in [0.717, 1.165) is 154 Å². The number of para-hydroxylation sites is 1. The summed E-state index contributed by atoms with van der Waals surface area (Å²) in [6.45, 7) is 17.1. The second-order valence-electron chi connectivity index (χ2n) is 27.6. The normalized spacial score (nSPS) is 13.8. The number of nitro groups is 3. The maximum absolute atomic E-state index is 12.6. The SMILES string of the molecule is C1CNCCN1.Nc1cccc(N2CCN(C(=O)c3ccccc3)CC2)c1.O=C(Cl)c1ccccc1.O=C(c1ccccc1)N1CCN(c2cccc(Nc3ccccc3)c2)CC1.O=C(c1ccccc1)N1CCN(c2cccc([N+](=O)[O-])c2)CC1.O=[N+]([O-])c1cccc(I)c1.O=[N+]([O-])c1cccc(N2CCNCC2)c1.OB(O)c1ccccc1.[O]=[Pt]=[O]. The van der Waals surface area contributed by atoms with Crippen LogP contribution in [0.1, 0.15) is 41.4 Å². The minimum absolute atomic E-state index is 0.0318. The van der Waals surface area contributed by atoms with E-state index in [4.69, 9.17) is 34.2 Å². The van der Waals surface area contributed by atoms with E-state index >= 15 is 0 Å². The van der Waals surface area contributed by atoms with E-state index in [-0.39, 0.29) is 39.7 Å². The number of carbonyl (C=O) groups is 4. The molecule has 11 aromatic rings. The van der Waals surface area contributed by atoms with Gasteiger partial charge in [-0.25, -0.2) is 0 Å². The van der Waals surface area contributed by atoms with Gasteiger partial charge in [0.2, 0.25) is 0 Å². The molecule has 5 aliphatic heterocycles. The monoisotopic (exact) mass is 1980 g/mol.